The molecule has 10 heteroatoms. The van der Waals surface area contributed by atoms with Crippen LogP contribution in [0.4, 0.5) is 13.2 Å². The minimum absolute atomic E-state index is 0.127. The van der Waals surface area contributed by atoms with E-state index in [1.54, 1.807) is 36.4 Å². The lowest BCUT2D eigenvalue weighted by Gasteiger charge is -2.08. The van der Waals surface area contributed by atoms with E-state index < -0.39 is 11.7 Å². The van der Waals surface area contributed by atoms with Gasteiger partial charge in [-0.2, -0.15) is 13.2 Å². The minimum atomic E-state index is -4.51. The lowest BCUT2D eigenvalue weighted by Crippen LogP contribution is -2.05. The van der Waals surface area contributed by atoms with E-state index in [-0.39, 0.29) is 10.0 Å². The summed E-state index contributed by atoms with van der Waals surface area (Å²) in [6.45, 7) is 0. The van der Waals surface area contributed by atoms with Gasteiger partial charge in [0, 0.05) is 22.4 Å². The number of pyridine rings is 1. The van der Waals surface area contributed by atoms with Crippen molar-refractivity contribution < 1.29 is 13.2 Å². The van der Waals surface area contributed by atoms with Crippen LogP contribution in [0.1, 0.15) is 16.8 Å². The van der Waals surface area contributed by atoms with Crippen molar-refractivity contribution in [1.29, 1.82) is 0 Å². The molecule has 3 rings (SSSR count). The predicted molar refractivity (Wildman–Crippen MR) is 106 cm³/mol. The summed E-state index contributed by atoms with van der Waals surface area (Å²) >= 11 is 18.9. The molecule has 3 aromatic rings. The molecular formula is C18H9Cl3F3N3S. The Labute approximate surface area is 177 Å². The zero-order chi connectivity index (χ0) is 20.3. The fourth-order valence-electron chi connectivity index (χ4n) is 2.05. The maximum absolute atomic E-state index is 12.7. The number of hydrogen-bond donors (Lipinski definition) is 0. The van der Waals surface area contributed by atoms with Gasteiger partial charge in [0.15, 0.2) is 5.16 Å². The summed E-state index contributed by atoms with van der Waals surface area (Å²) in [6, 6.07) is 7.61. The Kier molecular flexibility index (Phi) is 6.50. The molecule has 0 bridgehead atoms. The van der Waals surface area contributed by atoms with Crippen LogP contribution in [0, 0.1) is 0 Å². The number of rotatable bonds is 4. The standard InChI is InChI=1S/C18H9Cl3F3N3S/c19-12-3-1-10(14(20)8-12)2-4-13-5-6-25-17(27-13)28-16-15(21)7-11(9-26-16)18(22,23)24/h1-9H. The third kappa shape index (κ3) is 5.38. The smallest absolute Gasteiger partial charge is 0.247 e. The first-order chi connectivity index (χ1) is 13.2. The zero-order valence-electron chi connectivity index (χ0n) is 13.7. The van der Waals surface area contributed by atoms with E-state index in [9.17, 15) is 13.2 Å². The molecule has 0 N–H and O–H groups in total. The van der Waals surface area contributed by atoms with Gasteiger partial charge in [0.05, 0.1) is 16.3 Å². The zero-order valence-corrected chi connectivity index (χ0v) is 16.8. The van der Waals surface area contributed by atoms with Gasteiger partial charge in [-0.05, 0) is 47.7 Å². The Balaban J connectivity index is 1.79. The summed E-state index contributed by atoms with van der Waals surface area (Å²) in [6.07, 6.45) is 1.22. The minimum Gasteiger partial charge on any atom is -0.247 e. The molecule has 0 aliphatic rings. The highest BCUT2D eigenvalue weighted by molar-refractivity contribution is 7.99. The van der Waals surface area contributed by atoms with Crippen LogP contribution in [-0.2, 0) is 6.18 Å². The van der Waals surface area contributed by atoms with E-state index >= 15 is 0 Å². The molecule has 0 fully saturated rings. The molecule has 144 valence electrons. The van der Waals surface area contributed by atoms with Crippen molar-refractivity contribution in [2.24, 2.45) is 0 Å². The molecule has 0 aliphatic carbocycles. The third-order valence-corrected chi connectivity index (χ3v) is 5.23. The quantitative estimate of drug-likeness (QED) is 0.385. The number of benzene rings is 1. The van der Waals surface area contributed by atoms with Crippen LogP contribution >= 0.6 is 46.6 Å². The van der Waals surface area contributed by atoms with E-state index in [0.717, 1.165) is 29.6 Å². The Hall–Kier alpha value is -1.80. The second-order valence-corrected chi connectivity index (χ2v) is 7.58. The van der Waals surface area contributed by atoms with Crippen LogP contribution in [0.3, 0.4) is 0 Å². The lowest BCUT2D eigenvalue weighted by molar-refractivity contribution is -0.137. The fourth-order valence-corrected chi connectivity index (χ4v) is 3.50. The van der Waals surface area contributed by atoms with Crippen LogP contribution < -0.4 is 0 Å². The molecule has 1 aromatic carbocycles. The van der Waals surface area contributed by atoms with E-state index in [2.05, 4.69) is 15.0 Å². The molecule has 0 amide bonds. The maximum atomic E-state index is 12.7. The summed E-state index contributed by atoms with van der Waals surface area (Å²) in [5.74, 6) is 0. The van der Waals surface area contributed by atoms with Crippen LogP contribution in [0.2, 0.25) is 15.1 Å². The van der Waals surface area contributed by atoms with Gasteiger partial charge < -0.3 is 0 Å². The van der Waals surface area contributed by atoms with Gasteiger partial charge in [0.1, 0.15) is 5.03 Å². The first-order valence-electron chi connectivity index (χ1n) is 7.59. The van der Waals surface area contributed by atoms with Crippen LogP contribution in [0.15, 0.2) is 52.9 Å². The monoisotopic (exact) mass is 461 g/mol. The van der Waals surface area contributed by atoms with Crippen LogP contribution in [0.25, 0.3) is 12.2 Å². The molecule has 2 heterocycles. The first kappa shape index (κ1) is 20.9. The molecule has 0 atom stereocenters. The van der Waals surface area contributed by atoms with Gasteiger partial charge in [-0.25, -0.2) is 15.0 Å². The molecule has 3 nitrogen and oxygen atoms in total. The third-order valence-electron chi connectivity index (χ3n) is 3.37. The summed E-state index contributed by atoms with van der Waals surface area (Å²) in [5.41, 5.74) is 0.414. The van der Waals surface area contributed by atoms with E-state index in [4.69, 9.17) is 34.8 Å². The van der Waals surface area contributed by atoms with Gasteiger partial charge in [0.25, 0.3) is 0 Å². The van der Waals surface area contributed by atoms with Crippen molar-refractivity contribution in [2.45, 2.75) is 16.4 Å². The van der Waals surface area contributed by atoms with Gasteiger partial charge >= 0.3 is 6.18 Å². The molecule has 0 spiro atoms. The highest BCUT2D eigenvalue weighted by Gasteiger charge is 2.31. The average molecular weight is 463 g/mol. The number of halogens is 6. The second kappa shape index (κ2) is 8.69. The molecule has 0 unspecified atom stereocenters. The van der Waals surface area contributed by atoms with Crippen molar-refractivity contribution in [3.8, 4) is 0 Å². The summed E-state index contributed by atoms with van der Waals surface area (Å²) < 4.78 is 38.1. The topological polar surface area (TPSA) is 38.7 Å². The summed E-state index contributed by atoms with van der Waals surface area (Å²) in [4.78, 5) is 12.2. The predicted octanol–water partition coefficient (Wildman–Crippen LogP) is 7.17. The summed E-state index contributed by atoms with van der Waals surface area (Å²) in [7, 11) is 0. The molecule has 0 aliphatic heterocycles. The molecule has 2 aromatic heterocycles. The Morgan fingerprint density at radius 1 is 0.929 bits per heavy atom. The average Bonchev–Trinajstić information content (AvgIpc) is 2.62. The Morgan fingerprint density at radius 3 is 2.39 bits per heavy atom. The Bertz CT molecular complexity index is 1040. The largest absolute Gasteiger partial charge is 0.417 e. The number of alkyl halides is 3. The molecule has 0 saturated heterocycles. The van der Waals surface area contributed by atoms with E-state index in [1.807, 2.05) is 0 Å². The fraction of sp³-hybridized carbons (Fsp3) is 0.0556. The van der Waals surface area contributed by atoms with Crippen LogP contribution in [-0.4, -0.2) is 15.0 Å². The van der Waals surface area contributed by atoms with Crippen molar-refractivity contribution in [2.75, 3.05) is 0 Å². The molecule has 28 heavy (non-hydrogen) atoms. The first-order valence-corrected chi connectivity index (χ1v) is 9.54. The molecule has 0 saturated carbocycles. The second-order valence-electron chi connectivity index (χ2n) is 5.37. The number of aromatic nitrogens is 3. The molecule has 0 radical (unpaired) electrons. The van der Waals surface area contributed by atoms with Crippen molar-refractivity contribution in [3.63, 3.8) is 0 Å². The summed E-state index contributed by atoms with van der Waals surface area (Å²) in [5, 5.41) is 1.37. The van der Waals surface area contributed by atoms with E-state index in [1.165, 1.54) is 6.20 Å². The number of nitrogens with zero attached hydrogens (tertiary/aromatic N) is 3. The van der Waals surface area contributed by atoms with Crippen molar-refractivity contribution in [1.82, 2.24) is 15.0 Å². The maximum Gasteiger partial charge on any atom is 0.417 e. The van der Waals surface area contributed by atoms with Crippen molar-refractivity contribution in [3.05, 3.63) is 74.6 Å². The lowest BCUT2D eigenvalue weighted by atomic mass is 10.2. The van der Waals surface area contributed by atoms with E-state index in [0.29, 0.717) is 20.9 Å². The SMILES string of the molecule is FC(F)(F)c1cnc(Sc2nccc(C=Cc3ccc(Cl)cc3Cl)n2)c(Cl)c1. The highest BCUT2D eigenvalue weighted by atomic mass is 35.5. The van der Waals surface area contributed by atoms with Gasteiger partial charge in [-0.3, -0.25) is 0 Å². The Morgan fingerprint density at radius 2 is 1.71 bits per heavy atom. The highest BCUT2D eigenvalue weighted by Crippen LogP contribution is 2.35. The van der Waals surface area contributed by atoms with Gasteiger partial charge in [0.2, 0.25) is 0 Å². The van der Waals surface area contributed by atoms with Gasteiger partial charge in [-0.1, -0.05) is 46.9 Å². The molecular weight excluding hydrogens is 454 g/mol. The number of hydrogen-bond acceptors (Lipinski definition) is 4. The van der Waals surface area contributed by atoms with Crippen LogP contribution in [0.5, 0.6) is 0 Å². The normalized spacial score (nSPS) is 11.9. The van der Waals surface area contributed by atoms with Crippen molar-refractivity contribution >= 4 is 58.7 Å². The van der Waals surface area contributed by atoms with Gasteiger partial charge in [-0.15, -0.1) is 0 Å².